The van der Waals surface area contributed by atoms with Gasteiger partial charge in [0.05, 0.1) is 6.54 Å². The average Bonchev–Trinajstić information content (AvgIpc) is 2.55. The van der Waals surface area contributed by atoms with Crippen LogP contribution in [0.25, 0.3) is 0 Å². The summed E-state index contributed by atoms with van der Waals surface area (Å²) >= 11 is 0. The Morgan fingerprint density at radius 1 is 1.24 bits per heavy atom. The molecule has 1 aliphatic heterocycles. The van der Waals surface area contributed by atoms with E-state index in [1.165, 1.54) is 0 Å². The summed E-state index contributed by atoms with van der Waals surface area (Å²) in [6.07, 6.45) is 4.57. The van der Waals surface area contributed by atoms with Crippen LogP contribution in [0.3, 0.4) is 0 Å². The van der Waals surface area contributed by atoms with Crippen LogP contribution >= 0.6 is 0 Å². The Hall–Kier alpha value is -1.62. The van der Waals surface area contributed by atoms with Crippen LogP contribution < -0.4 is 4.90 Å². The van der Waals surface area contributed by atoms with Gasteiger partial charge in [0.15, 0.2) is 0 Å². The Balaban J connectivity index is 1.94. The van der Waals surface area contributed by atoms with E-state index in [9.17, 15) is 4.79 Å². The van der Waals surface area contributed by atoms with E-state index < -0.39 is 5.97 Å². The molecular weight excluding hydrogens is 218 g/mol. The van der Waals surface area contributed by atoms with Crippen LogP contribution in [-0.4, -0.2) is 53.7 Å². The molecule has 1 saturated heterocycles. The fourth-order valence-electron chi connectivity index (χ4n) is 2.13. The Morgan fingerprint density at radius 3 is 2.71 bits per heavy atom. The van der Waals surface area contributed by atoms with Gasteiger partial charge in [-0.25, -0.2) is 0 Å². The minimum atomic E-state index is -0.748. The number of nitrogens with zero attached hydrogens (tertiary/aromatic N) is 3. The SMILES string of the molecule is O=C(O)CN1CCCN(c2ccncc2)CC1. The van der Waals surface area contributed by atoms with Gasteiger partial charge < -0.3 is 10.0 Å². The van der Waals surface area contributed by atoms with Crippen molar-refractivity contribution >= 4 is 11.7 Å². The fourth-order valence-corrected chi connectivity index (χ4v) is 2.13. The molecule has 5 heteroatoms. The van der Waals surface area contributed by atoms with Gasteiger partial charge in [-0.3, -0.25) is 14.7 Å². The number of carbonyl (C=O) groups is 1. The predicted molar refractivity (Wildman–Crippen MR) is 65.1 cm³/mol. The summed E-state index contributed by atoms with van der Waals surface area (Å²) in [6, 6.07) is 3.99. The number of rotatable bonds is 3. The molecule has 1 aliphatic rings. The van der Waals surface area contributed by atoms with Gasteiger partial charge in [0.1, 0.15) is 0 Å². The lowest BCUT2D eigenvalue weighted by molar-refractivity contribution is -0.138. The maximum absolute atomic E-state index is 10.7. The first kappa shape index (κ1) is 11.9. The van der Waals surface area contributed by atoms with E-state index in [0.717, 1.165) is 38.3 Å². The lowest BCUT2D eigenvalue weighted by Gasteiger charge is -2.22. The van der Waals surface area contributed by atoms with Crippen molar-refractivity contribution in [2.75, 3.05) is 37.6 Å². The Morgan fingerprint density at radius 2 is 2.00 bits per heavy atom. The number of carboxylic acid groups (broad SMARTS) is 1. The number of hydrogen-bond donors (Lipinski definition) is 1. The third-order valence-corrected chi connectivity index (χ3v) is 2.98. The van der Waals surface area contributed by atoms with E-state index >= 15 is 0 Å². The first-order chi connectivity index (χ1) is 8.25. The minimum absolute atomic E-state index is 0.143. The average molecular weight is 235 g/mol. The lowest BCUT2D eigenvalue weighted by Crippen LogP contribution is -2.34. The summed E-state index contributed by atoms with van der Waals surface area (Å²) in [4.78, 5) is 18.9. The lowest BCUT2D eigenvalue weighted by atomic mass is 10.3. The summed E-state index contributed by atoms with van der Waals surface area (Å²) in [5, 5.41) is 8.78. The number of carboxylic acids is 1. The van der Waals surface area contributed by atoms with Crippen LogP contribution in [0.15, 0.2) is 24.5 Å². The molecule has 0 amide bonds. The third-order valence-electron chi connectivity index (χ3n) is 2.98. The molecule has 1 fully saturated rings. The second-order valence-electron chi connectivity index (χ2n) is 4.22. The van der Waals surface area contributed by atoms with Gasteiger partial charge in [-0.05, 0) is 18.6 Å². The molecule has 0 aromatic carbocycles. The van der Waals surface area contributed by atoms with E-state index in [0.29, 0.717) is 0 Å². The van der Waals surface area contributed by atoms with E-state index in [2.05, 4.69) is 9.88 Å². The van der Waals surface area contributed by atoms with Crippen LogP contribution in [0.1, 0.15) is 6.42 Å². The molecule has 17 heavy (non-hydrogen) atoms. The first-order valence-corrected chi connectivity index (χ1v) is 5.85. The summed E-state index contributed by atoms with van der Waals surface area (Å²) in [6.45, 7) is 3.64. The van der Waals surface area contributed by atoms with Crippen molar-refractivity contribution in [3.63, 3.8) is 0 Å². The number of aromatic nitrogens is 1. The maximum Gasteiger partial charge on any atom is 0.317 e. The normalized spacial score (nSPS) is 17.8. The van der Waals surface area contributed by atoms with Crippen molar-refractivity contribution in [3.8, 4) is 0 Å². The second kappa shape index (κ2) is 5.63. The molecule has 1 aromatic rings. The highest BCUT2D eigenvalue weighted by Gasteiger charge is 2.16. The van der Waals surface area contributed by atoms with Gasteiger partial charge in [0.25, 0.3) is 0 Å². The molecule has 0 bridgehead atoms. The number of pyridine rings is 1. The molecule has 2 rings (SSSR count). The van der Waals surface area contributed by atoms with Gasteiger partial charge in [-0.1, -0.05) is 0 Å². The first-order valence-electron chi connectivity index (χ1n) is 5.85. The van der Waals surface area contributed by atoms with Crippen molar-refractivity contribution in [1.29, 1.82) is 0 Å². The van der Waals surface area contributed by atoms with Crippen LogP contribution in [0.5, 0.6) is 0 Å². The van der Waals surface area contributed by atoms with E-state index in [1.807, 2.05) is 17.0 Å². The molecule has 5 nitrogen and oxygen atoms in total. The summed E-state index contributed by atoms with van der Waals surface area (Å²) in [7, 11) is 0. The smallest absolute Gasteiger partial charge is 0.317 e. The predicted octanol–water partition coefficient (Wildman–Crippen LogP) is 0.678. The molecule has 0 radical (unpaired) electrons. The monoisotopic (exact) mass is 235 g/mol. The highest BCUT2D eigenvalue weighted by atomic mass is 16.4. The third kappa shape index (κ3) is 3.42. The molecule has 1 N–H and O–H groups in total. The quantitative estimate of drug-likeness (QED) is 0.835. The highest BCUT2D eigenvalue weighted by molar-refractivity contribution is 5.69. The van der Waals surface area contributed by atoms with Gasteiger partial charge in [0, 0.05) is 44.3 Å². The molecule has 0 saturated carbocycles. The Kier molecular flexibility index (Phi) is 3.93. The van der Waals surface area contributed by atoms with Crippen LogP contribution in [-0.2, 0) is 4.79 Å². The topological polar surface area (TPSA) is 56.7 Å². The zero-order valence-corrected chi connectivity index (χ0v) is 9.75. The van der Waals surface area contributed by atoms with Crippen molar-refractivity contribution < 1.29 is 9.90 Å². The summed E-state index contributed by atoms with van der Waals surface area (Å²) < 4.78 is 0. The van der Waals surface area contributed by atoms with Crippen LogP contribution in [0.4, 0.5) is 5.69 Å². The number of aliphatic carboxylic acids is 1. The van der Waals surface area contributed by atoms with Gasteiger partial charge in [0.2, 0.25) is 0 Å². The molecule has 0 spiro atoms. The molecule has 2 heterocycles. The minimum Gasteiger partial charge on any atom is -0.480 e. The van der Waals surface area contributed by atoms with Crippen molar-refractivity contribution in [2.45, 2.75) is 6.42 Å². The maximum atomic E-state index is 10.7. The number of anilines is 1. The Labute approximate surface area is 101 Å². The van der Waals surface area contributed by atoms with Crippen molar-refractivity contribution in [1.82, 2.24) is 9.88 Å². The van der Waals surface area contributed by atoms with Crippen LogP contribution in [0.2, 0.25) is 0 Å². The van der Waals surface area contributed by atoms with Crippen molar-refractivity contribution in [2.24, 2.45) is 0 Å². The molecule has 0 aliphatic carbocycles. The zero-order chi connectivity index (χ0) is 12.1. The second-order valence-corrected chi connectivity index (χ2v) is 4.22. The largest absolute Gasteiger partial charge is 0.480 e. The molecule has 92 valence electrons. The molecule has 0 unspecified atom stereocenters. The summed E-state index contributed by atoms with van der Waals surface area (Å²) in [5.74, 6) is -0.748. The van der Waals surface area contributed by atoms with E-state index in [-0.39, 0.29) is 6.54 Å². The van der Waals surface area contributed by atoms with E-state index in [4.69, 9.17) is 5.11 Å². The van der Waals surface area contributed by atoms with Gasteiger partial charge >= 0.3 is 5.97 Å². The van der Waals surface area contributed by atoms with Crippen molar-refractivity contribution in [3.05, 3.63) is 24.5 Å². The standard InChI is InChI=1S/C12H17N3O2/c16-12(17)10-14-6-1-7-15(9-8-14)11-2-4-13-5-3-11/h2-5H,1,6-10H2,(H,16,17). The highest BCUT2D eigenvalue weighted by Crippen LogP contribution is 2.14. The Bertz CT molecular complexity index is 369. The fraction of sp³-hybridized carbons (Fsp3) is 0.500. The summed E-state index contributed by atoms with van der Waals surface area (Å²) in [5.41, 5.74) is 1.16. The number of hydrogen-bond acceptors (Lipinski definition) is 4. The molecule has 0 atom stereocenters. The molecule has 1 aromatic heterocycles. The molecular formula is C12H17N3O2. The van der Waals surface area contributed by atoms with Gasteiger partial charge in [-0.2, -0.15) is 0 Å². The van der Waals surface area contributed by atoms with Gasteiger partial charge in [-0.15, -0.1) is 0 Å². The van der Waals surface area contributed by atoms with E-state index in [1.54, 1.807) is 12.4 Å². The van der Waals surface area contributed by atoms with Crippen LogP contribution in [0, 0.1) is 0 Å². The zero-order valence-electron chi connectivity index (χ0n) is 9.75.